The number of benzene rings is 2. The van der Waals surface area contributed by atoms with Crippen LogP contribution in [0.25, 0.3) is 0 Å². The summed E-state index contributed by atoms with van der Waals surface area (Å²) in [7, 11) is -3.78. The number of nitrogens with zero attached hydrogens (tertiary/aromatic N) is 1. The fourth-order valence-electron chi connectivity index (χ4n) is 2.83. The number of anilines is 1. The van der Waals surface area contributed by atoms with Gasteiger partial charge in [0, 0.05) is 5.02 Å². The van der Waals surface area contributed by atoms with E-state index in [9.17, 15) is 13.2 Å². The predicted octanol–water partition coefficient (Wildman–Crippen LogP) is 4.42. The van der Waals surface area contributed by atoms with Gasteiger partial charge in [-0.2, -0.15) is 0 Å². The summed E-state index contributed by atoms with van der Waals surface area (Å²) in [6, 6.07) is 12.8. The van der Waals surface area contributed by atoms with E-state index in [1.165, 1.54) is 19.1 Å². The van der Waals surface area contributed by atoms with Gasteiger partial charge in [-0.15, -0.1) is 0 Å². The largest absolute Gasteiger partial charge is 0.347 e. The Morgan fingerprint density at radius 1 is 1.15 bits per heavy atom. The minimum Gasteiger partial charge on any atom is -0.347 e. The standard InChI is InChI=1S/C19H22Cl2N2O3S/c1-4-17(14-8-6-5-7-9-14)22-19(24)13(2)23(27(3,25)26)18-12-15(20)10-11-16(18)21/h5-13,17H,4H2,1-3H3,(H,22,24)/t13-,17+/m0/s1. The molecule has 2 rings (SSSR count). The molecule has 5 nitrogen and oxygen atoms in total. The Hall–Kier alpha value is -1.76. The van der Waals surface area contributed by atoms with Crippen molar-refractivity contribution in [3.8, 4) is 0 Å². The molecule has 1 amide bonds. The van der Waals surface area contributed by atoms with E-state index in [1.807, 2.05) is 37.3 Å². The second-order valence-corrected chi connectivity index (χ2v) is 8.91. The van der Waals surface area contributed by atoms with E-state index in [4.69, 9.17) is 23.2 Å². The molecule has 146 valence electrons. The Labute approximate surface area is 170 Å². The van der Waals surface area contributed by atoms with Crippen LogP contribution in [-0.4, -0.2) is 26.6 Å². The van der Waals surface area contributed by atoms with Crippen LogP contribution in [0.3, 0.4) is 0 Å². The molecule has 0 aliphatic rings. The Balaban J connectivity index is 2.34. The molecule has 0 fully saturated rings. The first-order chi connectivity index (χ1) is 12.6. The van der Waals surface area contributed by atoms with E-state index in [-0.39, 0.29) is 16.8 Å². The molecule has 0 aliphatic carbocycles. The van der Waals surface area contributed by atoms with Gasteiger partial charge in [0.25, 0.3) is 0 Å². The molecule has 2 aromatic rings. The first kappa shape index (κ1) is 21.5. The Kier molecular flexibility index (Phi) is 7.14. The summed E-state index contributed by atoms with van der Waals surface area (Å²) in [6.07, 6.45) is 1.70. The average molecular weight is 429 g/mol. The maximum Gasteiger partial charge on any atom is 0.244 e. The summed E-state index contributed by atoms with van der Waals surface area (Å²) in [6.45, 7) is 3.47. The van der Waals surface area contributed by atoms with Gasteiger partial charge in [-0.3, -0.25) is 9.10 Å². The van der Waals surface area contributed by atoms with Crippen LogP contribution < -0.4 is 9.62 Å². The van der Waals surface area contributed by atoms with Crippen molar-refractivity contribution in [2.45, 2.75) is 32.4 Å². The quantitative estimate of drug-likeness (QED) is 0.709. The molecular formula is C19H22Cl2N2O3S. The zero-order valence-electron chi connectivity index (χ0n) is 15.3. The summed E-state index contributed by atoms with van der Waals surface area (Å²) < 4.78 is 25.8. The summed E-state index contributed by atoms with van der Waals surface area (Å²) in [5, 5.41) is 3.44. The van der Waals surface area contributed by atoms with E-state index in [2.05, 4.69) is 5.32 Å². The van der Waals surface area contributed by atoms with Crippen molar-refractivity contribution in [3.63, 3.8) is 0 Å². The lowest BCUT2D eigenvalue weighted by molar-refractivity contribution is -0.122. The molecule has 0 bridgehead atoms. The zero-order chi connectivity index (χ0) is 20.2. The van der Waals surface area contributed by atoms with E-state index in [1.54, 1.807) is 6.07 Å². The second-order valence-electron chi connectivity index (χ2n) is 6.21. The molecule has 8 heteroatoms. The van der Waals surface area contributed by atoms with Crippen molar-refractivity contribution < 1.29 is 13.2 Å². The van der Waals surface area contributed by atoms with Crippen LogP contribution in [0, 0.1) is 0 Å². The number of halogens is 2. The summed E-state index contributed by atoms with van der Waals surface area (Å²) in [5.41, 5.74) is 1.12. The van der Waals surface area contributed by atoms with Gasteiger partial charge >= 0.3 is 0 Å². The fraction of sp³-hybridized carbons (Fsp3) is 0.316. The van der Waals surface area contributed by atoms with Crippen LogP contribution in [0.15, 0.2) is 48.5 Å². The van der Waals surface area contributed by atoms with Gasteiger partial charge in [-0.05, 0) is 37.1 Å². The number of carbonyl (C=O) groups is 1. The normalized spacial score (nSPS) is 13.7. The fourth-order valence-corrected chi connectivity index (χ4v) is 4.44. The smallest absolute Gasteiger partial charge is 0.244 e. The highest BCUT2D eigenvalue weighted by Crippen LogP contribution is 2.32. The Morgan fingerprint density at radius 2 is 1.78 bits per heavy atom. The van der Waals surface area contributed by atoms with Gasteiger partial charge in [0.1, 0.15) is 6.04 Å². The zero-order valence-corrected chi connectivity index (χ0v) is 17.6. The van der Waals surface area contributed by atoms with Crippen molar-refractivity contribution in [1.82, 2.24) is 5.32 Å². The molecule has 0 unspecified atom stereocenters. The molecule has 0 radical (unpaired) electrons. The first-order valence-electron chi connectivity index (χ1n) is 8.45. The van der Waals surface area contributed by atoms with Crippen molar-refractivity contribution in [3.05, 3.63) is 64.1 Å². The van der Waals surface area contributed by atoms with Gasteiger partial charge in [0.2, 0.25) is 15.9 Å². The van der Waals surface area contributed by atoms with Crippen LogP contribution in [-0.2, 0) is 14.8 Å². The minimum absolute atomic E-state index is 0.169. The van der Waals surface area contributed by atoms with Gasteiger partial charge in [-0.25, -0.2) is 8.42 Å². The molecule has 0 heterocycles. The topological polar surface area (TPSA) is 66.5 Å². The predicted molar refractivity (Wildman–Crippen MR) is 111 cm³/mol. The Bertz CT molecular complexity index is 904. The molecule has 2 aromatic carbocycles. The minimum atomic E-state index is -3.78. The molecule has 0 saturated carbocycles. The van der Waals surface area contributed by atoms with Crippen molar-refractivity contribution in [1.29, 1.82) is 0 Å². The number of amides is 1. The van der Waals surface area contributed by atoms with E-state index < -0.39 is 22.0 Å². The van der Waals surface area contributed by atoms with Gasteiger partial charge in [0.05, 0.1) is 23.0 Å². The number of rotatable bonds is 7. The third kappa shape index (κ3) is 5.37. The number of sulfonamides is 1. The third-order valence-electron chi connectivity index (χ3n) is 4.16. The SMILES string of the molecule is CC[C@@H](NC(=O)[C@H](C)N(c1cc(Cl)ccc1Cl)S(C)(=O)=O)c1ccccc1. The lowest BCUT2D eigenvalue weighted by Gasteiger charge is -2.30. The molecular weight excluding hydrogens is 407 g/mol. The lowest BCUT2D eigenvalue weighted by Crippen LogP contribution is -2.48. The first-order valence-corrected chi connectivity index (χ1v) is 11.0. The third-order valence-corrected chi connectivity index (χ3v) is 5.94. The maximum atomic E-state index is 12.9. The van der Waals surface area contributed by atoms with Crippen molar-refractivity contribution in [2.75, 3.05) is 10.6 Å². The van der Waals surface area contributed by atoms with Crippen LogP contribution in [0.1, 0.15) is 31.9 Å². The monoisotopic (exact) mass is 428 g/mol. The van der Waals surface area contributed by atoms with Gasteiger partial charge in [-0.1, -0.05) is 60.5 Å². The molecule has 2 atom stereocenters. The molecule has 0 aromatic heterocycles. The highest BCUT2D eigenvalue weighted by molar-refractivity contribution is 7.92. The summed E-state index contributed by atoms with van der Waals surface area (Å²) in [5.74, 6) is -0.424. The van der Waals surface area contributed by atoms with Crippen LogP contribution in [0.4, 0.5) is 5.69 Å². The van der Waals surface area contributed by atoms with Crippen molar-refractivity contribution in [2.24, 2.45) is 0 Å². The number of hydrogen-bond donors (Lipinski definition) is 1. The van der Waals surface area contributed by atoms with Crippen LogP contribution in [0.2, 0.25) is 10.0 Å². The van der Waals surface area contributed by atoms with Crippen LogP contribution in [0.5, 0.6) is 0 Å². The lowest BCUT2D eigenvalue weighted by atomic mass is 10.0. The van der Waals surface area contributed by atoms with Gasteiger partial charge < -0.3 is 5.32 Å². The molecule has 27 heavy (non-hydrogen) atoms. The molecule has 0 saturated heterocycles. The van der Waals surface area contributed by atoms with Crippen LogP contribution >= 0.6 is 23.2 Å². The maximum absolute atomic E-state index is 12.9. The highest BCUT2D eigenvalue weighted by Gasteiger charge is 2.31. The summed E-state index contributed by atoms with van der Waals surface area (Å²) in [4.78, 5) is 12.9. The number of nitrogens with one attached hydrogen (secondary N) is 1. The highest BCUT2D eigenvalue weighted by atomic mass is 35.5. The molecule has 1 N–H and O–H groups in total. The number of hydrogen-bond acceptors (Lipinski definition) is 3. The molecule has 0 aliphatic heterocycles. The summed E-state index contributed by atoms with van der Waals surface area (Å²) >= 11 is 12.2. The Morgan fingerprint density at radius 3 is 2.33 bits per heavy atom. The molecule has 0 spiro atoms. The number of carbonyl (C=O) groups excluding carboxylic acids is 1. The second kappa shape index (κ2) is 8.95. The average Bonchev–Trinajstić information content (AvgIpc) is 2.62. The van der Waals surface area contributed by atoms with E-state index in [0.29, 0.717) is 11.4 Å². The van der Waals surface area contributed by atoms with E-state index in [0.717, 1.165) is 16.1 Å². The van der Waals surface area contributed by atoms with E-state index >= 15 is 0 Å². The van der Waals surface area contributed by atoms with Crippen molar-refractivity contribution >= 4 is 44.8 Å². The van der Waals surface area contributed by atoms with Gasteiger partial charge in [0.15, 0.2) is 0 Å².